The Morgan fingerprint density at radius 1 is 1.13 bits per heavy atom. The van der Waals surface area contributed by atoms with E-state index in [1.54, 1.807) is 0 Å². The van der Waals surface area contributed by atoms with Crippen LogP contribution < -0.4 is 5.32 Å². The van der Waals surface area contributed by atoms with Gasteiger partial charge in [-0.2, -0.15) is 0 Å². The maximum atomic E-state index is 12.9. The van der Waals surface area contributed by atoms with Crippen LogP contribution in [0, 0.1) is 5.92 Å². The molecule has 2 amide bonds. The summed E-state index contributed by atoms with van der Waals surface area (Å²) in [4.78, 5) is 34.2. The summed E-state index contributed by atoms with van der Waals surface area (Å²) in [6.45, 7) is 11.4. The summed E-state index contributed by atoms with van der Waals surface area (Å²) in [6, 6.07) is 10.8. The number of piperidine rings is 1. The number of thiazole rings is 1. The molecule has 1 fully saturated rings. The maximum absolute atomic E-state index is 12.9. The quantitative estimate of drug-likeness (QED) is 0.673. The molecule has 0 unspecified atom stereocenters. The highest BCUT2D eigenvalue weighted by molar-refractivity contribution is 7.13. The predicted molar refractivity (Wildman–Crippen MR) is 126 cm³/mol. The van der Waals surface area contributed by atoms with Crippen LogP contribution in [0.4, 0.5) is 0 Å². The van der Waals surface area contributed by atoms with Gasteiger partial charge in [-0.15, -0.1) is 11.3 Å². The molecule has 3 rings (SSSR count). The van der Waals surface area contributed by atoms with Crippen LogP contribution in [0.1, 0.15) is 51.0 Å². The number of rotatable bonds is 8. The highest BCUT2D eigenvalue weighted by atomic mass is 32.1. The summed E-state index contributed by atoms with van der Waals surface area (Å²) >= 11 is 1.49. The second kappa shape index (κ2) is 10.9. The second-order valence-electron chi connectivity index (χ2n) is 8.69. The average molecular weight is 443 g/mol. The third-order valence-corrected chi connectivity index (χ3v) is 6.78. The molecule has 1 N–H and O–H groups in total. The number of hydrogen-bond acceptors (Lipinski definition) is 5. The SMILES string of the molecule is CC(C)N(CCNC(=O)C1CCN(C(=O)c2csc(-c3ccccc3)n2)CC1)C(C)C. The van der Waals surface area contributed by atoms with Crippen LogP contribution >= 0.6 is 11.3 Å². The van der Waals surface area contributed by atoms with Crippen molar-refractivity contribution in [1.82, 2.24) is 20.1 Å². The average Bonchev–Trinajstić information content (AvgIpc) is 3.26. The molecule has 1 aromatic carbocycles. The molecule has 168 valence electrons. The first kappa shape index (κ1) is 23.4. The minimum absolute atomic E-state index is 0.0223. The molecule has 1 saturated heterocycles. The molecule has 0 spiro atoms. The van der Waals surface area contributed by atoms with E-state index in [-0.39, 0.29) is 17.7 Å². The van der Waals surface area contributed by atoms with Crippen molar-refractivity contribution in [2.24, 2.45) is 5.92 Å². The fraction of sp³-hybridized carbons (Fsp3) is 0.542. The van der Waals surface area contributed by atoms with Gasteiger partial charge in [0.2, 0.25) is 5.91 Å². The minimum Gasteiger partial charge on any atom is -0.355 e. The summed E-state index contributed by atoms with van der Waals surface area (Å²) in [5.74, 6) is 0.0484. The highest BCUT2D eigenvalue weighted by Crippen LogP contribution is 2.25. The summed E-state index contributed by atoms with van der Waals surface area (Å²) in [5.41, 5.74) is 1.52. The molecule has 1 aliphatic heterocycles. The van der Waals surface area contributed by atoms with Crippen molar-refractivity contribution in [1.29, 1.82) is 0 Å². The number of hydrogen-bond donors (Lipinski definition) is 1. The number of carbonyl (C=O) groups is 2. The van der Waals surface area contributed by atoms with E-state index in [9.17, 15) is 9.59 Å². The van der Waals surface area contributed by atoms with Crippen LogP contribution in [0.2, 0.25) is 0 Å². The fourth-order valence-corrected chi connectivity index (χ4v) is 4.96. The largest absolute Gasteiger partial charge is 0.355 e. The number of likely N-dealkylation sites (tertiary alicyclic amines) is 1. The third-order valence-electron chi connectivity index (χ3n) is 5.89. The van der Waals surface area contributed by atoms with E-state index in [2.05, 4.69) is 42.9 Å². The molecule has 1 aliphatic rings. The number of nitrogens with one attached hydrogen (secondary N) is 1. The van der Waals surface area contributed by atoms with Gasteiger partial charge >= 0.3 is 0 Å². The van der Waals surface area contributed by atoms with E-state index < -0.39 is 0 Å². The lowest BCUT2D eigenvalue weighted by Crippen LogP contribution is -2.46. The molecule has 0 atom stereocenters. The molecule has 2 heterocycles. The lowest BCUT2D eigenvalue weighted by atomic mass is 9.95. The number of amides is 2. The zero-order valence-electron chi connectivity index (χ0n) is 19.0. The topological polar surface area (TPSA) is 65.5 Å². The van der Waals surface area contributed by atoms with Crippen LogP contribution in [0.15, 0.2) is 35.7 Å². The van der Waals surface area contributed by atoms with Crippen molar-refractivity contribution >= 4 is 23.2 Å². The van der Waals surface area contributed by atoms with E-state index in [1.807, 2.05) is 40.6 Å². The van der Waals surface area contributed by atoms with Gasteiger partial charge in [0.25, 0.3) is 5.91 Å². The summed E-state index contributed by atoms with van der Waals surface area (Å²) in [5, 5.41) is 5.78. The van der Waals surface area contributed by atoms with Gasteiger partial charge in [0.05, 0.1) is 0 Å². The monoisotopic (exact) mass is 442 g/mol. The van der Waals surface area contributed by atoms with Crippen LogP contribution in [-0.2, 0) is 4.79 Å². The van der Waals surface area contributed by atoms with Gasteiger partial charge in [-0.25, -0.2) is 4.98 Å². The van der Waals surface area contributed by atoms with Crippen LogP contribution in [-0.4, -0.2) is 64.9 Å². The van der Waals surface area contributed by atoms with Gasteiger partial charge in [0, 0.05) is 55.1 Å². The Kier molecular flexibility index (Phi) is 8.21. The molecule has 0 aliphatic carbocycles. The Hall–Kier alpha value is -2.25. The molecule has 0 saturated carbocycles. The van der Waals surface area contributed by atoms with Crippen LogP contribution in [0.3, 0.4) is 0 Å². The molecule has 0 bridgehead atoms. The Bertz CT molecular complexity index is 849. The Morgan fingerprint density at radius 2 is 1.77 bits per heavy atom. The minimum atomic E-state index is -0.0400. The smallest absolute Gasteiger partial charge is 0.273 e. The number of carbonyl (C=O) groups excluding carboxylic acids is 2. The summed E-state index contributed by atoms with van der Waals surface area (Å²) in [6.07, 6.45) is 1.40. The first-order chi connectivity index (χ1) is 14.9. The predicted octanol–water partition coefficient (Wildman–Crippen LogP) is 3.90. The standard InChI is InChI=1S/C24H34N4O2S/c1-17(2)28(18(3)4)15-12-25-22(29)19-10-13-27(14-11-19)24(30)21-16-31-23(26-21)20-8-6-5-7-9-20/h5-9,16-19H,10-15H2,1-4H3,(H,25,29). The molecule has 2 aromatic rings. The summed E-state index contributed by atoms with van der Waals surface area (Å²) in [7, 11) is 0. The Morgan fingerprint density at radius 3 is 2.39 bits per heavy atom. The molecule has 6 nitrogen and oxygen atoms in total. The van der Waals surface area contributed by atoms with Gasteiger partial charge in [0.15, 0.2) is 0 Å². The van der Waals surface area contributed by atoms with Crippen LogP contribution in [0.25, 0.3) is 10.6 Å². The lowest BCUT2D eigenvalue weighted by molar-refractivity contribution is -0.126. The van der Waals surface area contributed by atoms with Crippen molar-refractivity contribution in [3.63, 3.8) is 0 Å². The number of aromatic nitrogens is 1. The summed E-state index contributed by atoms with van der Waals surface area (Å²) < 4.78 is 0. The zero-order chi connectivity index (χ0) is 22.4. The molecule has 7 heteroatoms. The fourth-order valence-electron chi connectivity index (χ4n) is 4.16. The van der Waals surface area contributed by atoms with Gasteiger partial charge in [-0.1, -0.05) is 30.3 Å². The number of nitrogens with zero attached hydrogens (tertiary/aromatic N) is 3. The molecule has 0 radical (unpaired) electrons. The highest BCUT2D eigenvalue weighted by Gasteiger charge is 2.29. The molecule has 1 aromatic heterocycles. The van der Waals surface area contributed by atoms with E-state index in [0.29, 0.717) is 50.3 Å². The van der Waals surface area contributed by atoms with Gasteiger partial charge < -0.3 is 10.2 Å². The van der Waals surface area contributed by atoms with Crippen molar-refractivity contribution in [2.45, 2.75) is 52.6 Å². The lowest BCUT2D eigenvalue weighted by Gasteiger charge is -2.32. The molecular weight excluding hydrogens is 408 g/mol. The van der Waals surface area contributed by atoms with E-state index in [1.165, 1.54) is 11.3 Å². The van der Waals surface area contributed by atoms with Crippen molar-refractivity contribution < 1.29 is 9.59 Å². The molecular formula is C24H34N4O2S. The van der Waals surface area contributed by atoms with Crippen molar-refractivity contribution in [2.75, 3.05) is 26.2 Å². The maximum Gasteiger partial charge on any atom is 0.273 e. The number of benzene rings is 1. The van der Waals surface area contributed by atoms with Gasteiger partial charge in [0.1, 0.15) is 10.7 Å². The van der Waals surface area contributed by atoms with Crippen molar-refractivity contribution in [3.8, 4) is 10.6 Å². The van der Waals surface area contributed by atoms with Gasteiger partial charge in [-0.3, -0.25) is 14.5 Å². The van der Waals surface area contributed by atoms with E-state index in [0.717, 1.165) is 17.1 Å². The first-order valence-corrected chi connectivity index (χ1v) is 12.1. The van der Waals surface area contributed by atoms with Crippen molar-refractivity contribution in [3.05, 3.63) is 41.4 Å². The zero-order valence-corrected chi connectivity index (χ0v) is 19.8. The van der Waals surface area contributed by atoms with E-state index >= 15 is 0 Å². The van der Waals surface area contributed by atoms with Gasteiger partial charge in [-0.05, 0) is 40.5 Å². The molecule has 31 heavy (non-hydrogen) atoms. The Balaban J connectivity index is 1.46. The normalized spacial score (nSPS) is 15.1. The Labute approximate surface area is 189 Å². The third kappa shape index (κ3) is 6.14. The second-order valence-corrected chi connectivity index (χ2v) is 9.54. The first-order valence-electron chi connectivity index (χ1n) is 11.2. The van der Waals surface area contributed by atoms with Crippen LogP contribution in [0.5, 0.6) is 0 Å². The van der Waals surface area contributed by atoms with E-state index in [4.69, 9.17) is 0 Å².